The van der Waals surface area contributed by atoms with Gasteiger partial charge in [0.15, 0.2) is 0 Å². The summed E-state index contributed by atoms with van der Waals surface area (Å²) in [5, 5.41) is 0. The minimum atomic E-state index is -2.72. The number of hydrogen-bond acceptors (Lipinski definition) is 4. The average molecular weight is 245 g/mol. The van der Waals surface area contributed by atoms with Crippen LogP contribution in [0.4, 0.5) is 0 Å². The number of hydrogen-bond donors (Lipinski definition) is 0. The van der Waals surface area contributed by atoms with Crippen molar-refractivity contribution < 1.29 is 38.0 Å². The molecule has 7 heteroatoms. The summed E-state index contributed by atoms with van der Waals surface area (Å²) in [7, 11) is -1.40. The van der Waals surface area contributed by atoms with Crippen LogP contribution in [0, 0.1) is 0 Å². The molecule has 0 aromatic carbocycles. The van der Waals surface area contributed by atoms with E-state index in [0.717, 1.165) is 6.04 Å². The molecule has 0 rings (SSSR count). The molecule has 1 unspecified atom stereocenters. The summed E-state index contributed by atoms with van der Waals surface area (Å²) < 4.78 is 24.1. The second kappa shape index (κ2) is 7.63. The first-order valence-electron chi connectivity index (χ1n) is 4.56. The maximum atomic E-state index is 10.9. The quantitative estimate of drug-likeness (QED) is 0.458. The topological polar surface area (TPSA) is 66.4 Å². The normalized spacial score (nSPS) is 13.2. The van der Waals surface area contributed by atoms with E-state index in [1.165, 1.54) is 0 Å². The van der Waals surface area contributed by atoms with Crippen LogP contribution in [0.3, 0.4) is 0 Å². The fraction of sp³-hybridized carbons (Fsp3) is 0.875. The van der Waals surface area contributed by atoms with E-state index < -0.39 is 25.4 Å². The van der Waals surface area contributed by atoms with Gasteiger partial charge in [-0.1, -0.05) is 32.5 Å². The van der Waals surface area contributed by atoms with Gasteiger partial charge in [0, 0.05) is 6.42 Å². The molecule has 0 aliphatic carbocycles. The molecular formula is C8H18LiO4SSi-. The first-order valence-corrected chi connectivity index (χ1v) is 8.84. The SMILES string of the molecule is CC(C)[Si](C)(C)CCC(=O)OS(=O)[O-].[H-].[Li+]. The maximum absolute atomic E-state index is 10.9. The predicted molar refractivity (Wildman–Crippen MR) is 58.1 cm³/mol. The molecule has 4 nitrogen and oxygen atoms in total. The van der Waals surface area contributed by atoms with E-state index in [1.54, 1.807) is 0 Å². The fourth-order valence-corrected chi connectivity index (χ4v) is 2.49. The number of carbonyl (C=O) groups is 1. The van der Waals surface area contributed by atoms with Gasteiger partial charge in [-0.05, 0) is 6.04 Å². The third kappa shape index (κ3) is 8.23. The van der Waals surface area contributed by atoms with E-state index in [1.807, 2.05) is 0 Å². The molecule has 0 amide bonds. The molecule has 0 aliphatic heterocycles. The van der Waals surface area contributed by atoms with Crippen LogP contribution in [0.2, 0.25) is 24.7 Å². The molecule has 0 bridgehead atoms. The van der Waals surface area contributed by atoms with Gasteiger partial charge in [0.05, 0.1) is 8.07 Å². The van der Waals surface area contributed by atoms with E-state index in [-0.39, 0.29) is 26.7 Å². The summed E-state index contributed by atoms with van der Waals surface area (Å²) in [6, 6.07) is 0.765. The molecule has 1 atom stereocenters. The molecule has 86 valence electrons. The van der Waals surface area contributed by atoms with E-state index >= 15 is 0 Å². The van der Waals surface area contributed by atoms with Crippen molar-refractivity contribution in [1.29, 1.82) is 0 Å². The van der Waals surface area contributed by atoms with Crippen molar-refractivity contribution >= 4 is 25.4 Å². The first-order chi connectivity index (χ1) is 6.25. The Morgan fingerprint density at radius 3 is 2.33 bits per heavy atom. The molecule has 0 aromatic heterocycles. The van der Waals surface area contributed by atoms with Gasteiger partial charge in [-0.25, -0.2) is 4.21 Å². The van der Waals surface area contributed by atoms with Crippen LogP contribution in [-0.4, -0.2) is 22.8 Å². The molecule has 0 saturated heterocycles. The Balaban J connectivity index is -0.000000845. The Hall–Kier alpha value is 0.394. The van der Waals surface area contributed by atoms with Crippen LogP contribution in [0.25, 0.3) is 0 Å². The third-order valence-corrected chi connectivity index (χ3v) is 7.68. The number of carbonyl (C=O) groups excluding carboxylic acids is 1. The Morgan fingerprint density at radius 1 is 1.53 bits per heavy atom. The van der Waals surface area contributed by atoms with Crippen molar-refractivity contribution in [2.24, 2.45) is 0 Å². The Labute approximate surface area is 108 Å². The molecule has 0 aliphatic rings. The molecular weight excluding hydrogens is 227 g/mol. The zero-order valence-corrected chi connectivity index (χ0v) is 11.8. The fourth-order valence-electron chi connectivity index (χ4n) is 0.830. The van der Waals surface area contributed by atoms with Gasteiger partial charge >= 0.3 is 24.8 Å². The van der Waals surface area contributed by atoms with Gasteiger partial charge in [0.2, 0.25) is 0 Å². The first kappa shape index (κ1) is 17.8. The second-order valence-corrected chi connectivity index (χ2v) is 10.5. The standard InChI is InChI=1S/C8H18O4SSi.Li.H/c1-7(2)14(3,4)6-5-8(9)12-13(10)11;;/h7H,5-6H2,1-4H3,(H,10,11);;/q;+1;-1/p-1. The molecule has 0 aromatic rings. The van der Waals surface area contributed by atoms with Gasteiger partial charge in [-0.15, -0.1) is 0 Å². The predicted octanol–water partition coefficient (Wildman–Crippen LogP) is -1.05. The Kier molecular flexibility index (Phi) is 9.05. The molecule has 0 heterocycles. The third-order valence-electron chi connectivity index (χ3n) is 2.70. The Bertz CT molecular complexity index is 238. The van der Waals surface area contributed by atoms with Gasteiger partial charge in [-0.2, -0.15) is 0 Å². The molecule has 15 heavy (non-hydrogen) atoms. The van der Waals surface area contributed by atoms with E-state index in [2.05, 4.69) is 31.1 Å². The summed E-state index contributed by atoms with van der Waals surface area (Å²) in [6.07, 6.45) is 0.200. The van der Waals surface area contributed by atoms with Crippen molar-refractivity contribution in [2.45, 2.75) is 44.9 Å². The van der Waals surface area contributed by atoms with Crippen LogP contribution >= 0.6 is 0 Å². The summed E-state index contributed by atoms with van der Waals surface area (Å²) >= 11 is -2.72. The van der Waals surface area contributed by atoms with Crippen LogP contribution < -0.4 is 18.9 Å². The smallest absolute Gasteiger partial charge is 1.00 e. The van der Waals surface area contributed by atoms with Crippen LogP contribution in [0.5, 0.6) is 0 Å². The summed E-state index contributed by atoms with van der Waals surface area (Å²) in [4.78, 5) is 10.9. The molecule has 0 spiro atoms. The summed E-state index contributed by atoms with van der Waals surface area (Å²) in [6.45, 7) is 8.62. The van der Waals surface area contributed by atoms with Gasteiger partial charge in [-0.3, -0.25) is 4.79 Å². The Morgan fingerprint density at radius 2 is 2.00 bits per heavy atom. The zero-order chi connectivity index (χ0) is 11.4. The van der Waals surface area contributed by atoms with E-state index in [0.29, 0.717) is 5.54 Å². The zero-order valence-electron chi connectivity index (χ0n) is 11.0. The van der Waals surface area contributed by atoms with Gasteiger partial charge in [0.25, 0.3) is 0 Å². The molecule has 0 N–H and O–H groups in total. The molecule has 0 radical (unpaired) electrons. The van der Waals surface area contributed by atoms with Crippen LogP contribution in [0.15, 0.2) is 0 Å². The molecule has 0 fully saturated rings. The van der Waals surface area contributed by atoms with E-state index in [9.17, 15) is 13.6 Å². The largest absolute Gasteiger partial charge is 1.00 e. The van der Waals surface area contributed by atoms with Gasteiger partial charge < -0.3 is 10.2 Å². The number of rotatable bonds is 5. The minimum absolute atomic E-state index is 0. The van der Waals surface area contributed by atoms with Crippen LogP contribution in [-0.2, 0) is 20.3 Å². The van der Waals surface area contributed by atoms with Crippen molar-refractivity contribution in [1.82, 2.24) is 0 Å². The monoisotopic (exact) mass is 245 g/mol. The second-order valence-electron chi connectivity index (χ2n) is 4.30. The van der Waals surface area contributed by atoms with Crippen molar-refractivity contribution in [3.8, 4) is 0 Å². The van der Waals surface area contributed by atoms with Crippen molar-refractivity contribution in [2.75, 3.05) is 0 Å². The summed E-state index contributed by atoms with van der Waals surface area (Å²) in [5.41, 5.74) is 0.577. The van der Waals surface area contributed by atoms with E-state index in [4.69, 9.17) is 0 Å². The maximum Gasteiger partial charge on any atom is 1.00 e. The molecule has 0 saturated carbocycles. The van der Waals surface area contributed by atoms with Gasteiger partial charge in [0.1, 0.15) is 11.4 Å². The van der Waals surface area contributed by atoms with Crippen molar-refractivity contribution in [3.63, 3.8) is 0 Å². The summed E-state index contributed by atoms with van der Waals surface area (Å²) in [5.74, 6) is -0.653. The minimum Gasteiger partial charge on any atom is -1.00 e. The average Bonchev–Trinajstić information content (AvgIpc) is 1.99. The van der Waals surface area contributed by atoms with Crippen LogP contribution in [0.1, 0.15) is 21.7 Å². The van der Waals surface area contributed by atoms with Crippen molar-refractivity contribution in [3.05, 3.63) is 0 Å².